The van der Waals surface area contributed by atoms with Gasteiger partial charge in [-0.05, 0) is 35.7 Å². The molecule has 0 spiro atoms. The van der Waals surface area contributed by atoms with Crippen molar-refractivity contribution < 1.29 is 13.9 Å². The SMILES string of the molecule is CC(C)c1c(C(=O)NC2CCOc3ccccc32)oc2c(-c3cc(Cl)cc(Cl)c3)cccc12. The summed E-state index contributed by atoms with van der Waals surface area (Å²) in [6, 6.07) is 19.0. The van der Waals surface area contributed by atoms with Crippen LogP contribution < -0.4 is 10.1 Å². The normalized spacial score (nSPS) is 15.4. The van der Waals surface area contributed by atoms with Crippen molar-refractivity contribution in [3.05, 3.63) is 87.6 Å². The Labute approximate surface area is 202 Å². The van der Waals surface area contributed by atoms with Crippen LogP contribution in [0.1, 0.15) is 53.9 Å². The monoisotopic (exact) mass is 479 g/mol. The molecule has 5 rings (SSSR count). The van der Waals surface area contributed by atoms with Crippen LogP contribution in [-0.4, -0.2) is 12.5 Å². The van der Waals surface area contributed by atoms with E-state index in [0.29, 0.717) is 34.4 Å². The zero-order valence-corrected chi connectivity index (χ0v) is 19.8. The van der Waals surface area contributed by atoms with E-state index in [0.717, 1.165) is 33.4 Å². The fourth-order valence-electron chi connectivity index (χ4n) is 4.53. The molecule has 0 bridgehead atoms. The van der Waals surface area contributed by atoms with Gasteiger partial charge in [-0.25, -0.2) is 0 Å². The Morgan fingerprint density at radius 3 is 2.55 bits per heavy atom. The molecule has 1 unspecified atom stereocenters. The highest BCUT2D eigenvalue weighted by molar-refractivity contribution is 6.35. The van der Waals surface area contributed by atoms with Gasteiger partial charge >= 0.3 is 0 Å². The van der Waals surface area contributed by atoms with E-state index in [4.69, 9.17) is 32.4 Å². The number of carbonyl (C=O) groups is 1. The number of rotatable bonds is 4. The van der Waals surface area contributed by atoms with Crippen LogP contribution in [-0.2, 0) is 0 Å². The second-order valence-corrected chi connectivity index (χ2v) is 9.41. The minimum atomic E-state index is -0.230. The molecule has 1 N–H and O–H groups in total. The molecule has 0 radical (unpaired) electrons. The van der Waals surface area contributed by atoms with Gasteiger partial charge in [-0.3, -0.25) is 4.79 Å². The number of benzene rings is 3. The summed E-state index contributed by atoms with van der Waals surface area (Å²) in [6.45, 7) is 4.68. The molecule has 33 heavy (non-hydrogen) atoms. The molecule has 2 heterocycles. The largest absolute Gasteiger partial charge is 0.493 e. The smallest absolute Gasteiger partial charge is 0.287 e. The molecule has 0 saturated heterocycles. The molecule has 0 saturated carbocycles. The predicted molar refractivity (Wildman–Crippen MR) is 133 cm³/mol. The van der Waals surface area contributed by atoms with Gasteiger partial charge in [-0.1, -0.05) is 73.4 Å². The van der Waals surface area contributed by atoms with Crippen LogP contribution in [0.15, 0.2) is 65.1 Å². The van der Waals surface area contributed by atoms with Gasteiger partial charge in [0.05, 0.1) is 12.6 Å². The van der Waals surface area contributed by atoms with Crippen molar-refractivity contribution in [2.24, 2.45) is 0 Å². The average Bonchev–Trinajstić information content (AvgIpc) is 3.19. The summed E-state index contributed by atoms with van der Waals surface area (Å²) >= 11 is 12.5. The van der Waals surface area contributed by atoms with E-state index in [9.17, 15) is 4.79 Å². The van der Waals surface area contributed by atoms with Crippen molar-refractivity contribution in [2.45, 2.75) is 32.2 Å². The molecular formula is C27H23Cl2NO3. The van der Waals surface area contributed by atoms with Gasteiger partial charge in [0.25, 0.3) is 5.91 Å². The van der Waals surface area contributed by atoms with Crippen molar-refractivity contribution in [1.29, 1.82) is 0 Å². The molecule has 4 aromatic rings. The third kappa shape index (κ3) is 4.09. The molecule has 1 atom stereocenters. The molecular weight excluding hydrogens is 457 g/mol. The number of fused-ring (bicyclic) bond motifs is 2. The molecule has 168 valence electrons. The summed E-state index contributed by atoms with van der Waals surface area (Å²) < 4.78 is 12.0. The summed E-state index contributed by atoms with van der Waals surface area (Å²) in [7, 11) is 0. The number of hydrogen-bond donors (Lipinski definition) is 1. The highest BCUT2D eigenvalue weighted by Crippen LogP contribution is 2.39. The van der Waals surface area contributed by atoms with Crippen LogP contribution in [0.4, 0.5) is 0 Å². The Bertz CT molecular complexity index is 1340. The fourth-order valence-corrected chi connectivity index (χ4v) is 5.06. The van der Waals surface area contributed by atoms with E-state index in [1.54, 1.807) is 6.07 Å². The summed E-state index contributed by atoms with van der Waals surface area (Å²) in [5, 5.41) is 5.17. The van der Waals surface area contributed by atoms with Gasteiger partial charge in [-0.15, -0.1) is 0 Å². The van der Waals surface area contributed by atoms with Crippen LogP contribution in [0.3, 0.4) is 0 Å². The molecule has 3 aromatic carbocycles. The highest BCUT2D eigenvalue weighted by atomic mass is 35.5. The first kappa shape index (κ1) is 21.9. The van der Waals surface area contributed by atoms with E-state index in [-0.39, 0.29) is 17.9 Å². The third-order valence-corrected chi connectivity index (χ3v) is 6.41. The number of carbonyl (C=O) groups excluding carboxylic acids is 1. The first-order chi connectivity index (χ1) is 15.9. The van der Waals surface area contributed by atoms with Crippen LogP contribution in [0.25, 0.3) is 22.1 Å². The van der Waals surface area contributed by atoms with Gasteiger partial charge in [0.1, 0.15) is 11.3 Å². The minimum Gasteiger partial charge on any atom is -0.493 e. The van der Waals surface area contributed by atoms with E-state index in [1.165, 1.54) is 0 Å². The number of ether oxygens (including phenoxy) is 1. The average molecular weight is 480 g/mol. The quantitative estimate of drug-likeness (QED) is 0.325. The van der Waals surface area contributed by atoms with Crippen molar-refractivity contribution in [3.63, 3.8) is 0 Å². The zero-order chi connectivity index (χ0) is 23.1. The summed E-state index contributed by atoms with van der Waals surface area (Å²) in [5.41, 5.74) is 4.20. The van der Waals surface area contributed by atoms with Crippen LogP contribution in [0, 0.1) is 0 Å². The van der Waals surface area contributed by atoms with E-state index < -0.39 is 0 Å². The molecule has 0 fully saturated rings. The predicted octanol–water partition coefficient (Wildman–Crippen LogP) is 7.78. The Morgan fingerprint density at radius 2 is 1.79 bits per heavy atom. The Hall–Kier alpha value is -2.95. The molecule has 1 aliphatic rings. The first-order valence-electron chi connectivity index (χ1n) is 11.0. The lowest BCUT2D eigenvalue weighted by Gasteiger charge is -2.26. The van der Waals surface area contributed by atoms with Crippen molar-refractivity contribution in [2.75, 3.05) is 6.61 Å². The van der Waals surface area contributed by atoms with Gasteiger partial charge in [0.15, 0.2) is 5.76 Å². The van der Waals surface area contributed by atoms with Crippen LogP contribution in [0.2, 0.25) is 10.0 Å². The summed E-state index contributed by atoms with van der Waals surface area (Å²) in [6.07, 6.45) is 0.701. The second kappa shape index (κ2) is 8.77. The van der Waals surface area contributed by atoms with Crippen molar-refractivity contribution in [3.8, 4) is 16.9 Å². The molecule has 6 heteroatoms. The molecule has 0 aliphatic carbocycles. The van der Waals surface area contributed by atoms with Crippen molar-refractivity contribution in [1.82, 2.24) is 5.32 Å². The lowest BCUT2D eigenvalue weighted by molar-refractivity contribution is 0.0897. The van der Waals surface area contributed by atoms with Gasteiger partial charge in [0.2, 0.25) is 0 Å². The lowest BCUT2D eigenvalue weighted by atomic mass is 9.95. The topological polar surface area (TPSA) is 51.5 Å². The van der Waals surface area contributed by atoms with E-state index >= 15 is 0 Å². The summed E-state index contributed by atoms with van der Waals surface area (Å²) in [4.78, 5) is 13.5. The second-order valence-electron chi connectivity index (χ2n) is 8.54. The number of nitrogens with one attached hydrogen (secondary N) is 1. The Morgan fingerprint density at radius 1 is 1.03 bits per heavy atom. The van der Waals surface area contributed by atoms with Crippen molar-refractivity contribution >= 4 is 40.1 Å². The van der Waals surface area contributed by atoms with Gasteiger partial charge < -0.3 is 14.5 Å². The number of halogens is 2. The third-order valence-electron chi connectivity index (χ3n) is 5.97. The molecule has 1 amide bonds. The zero-order valence-electron chi connectivity index (χ0n) is 18.3. The maximum Gasteiger partial charge on any atom is 0.287 e. The van der Waals surface area contributed by atoms with E-state index in [2.05, 4.69) is 19.2 Å². The minimum absolute atomic E-state index is 0.0900. The molecule has 1 aromatic heterocycles. The Kier molecular flexibility index (Phi) is 5.81. The Balaban J connectivity index is 1.59. The maximum atomic E-state index is 13.5. The standard InChI is InChI=1S/C27H23Cl2NO3/c1-15(2)24-21-8-5-7-19(16-12-17(28)14-18(29)13-16)25(21)33-26(24)27(31)30-22-10-11-32-23-9-4-3-6-20(22)23/h3-9,12-15,22H,10-11H2,1-2H3,(H,30,31). The highest BCUT2D eigenvalue weighted by Gasteiger charge is 2.28. The number of hydrogen-bond acceptors (Lipinski definition) is 3. The summed E-state index contributed by atoms with van der Waals surface area (Å²) in [5.74, 6) is 1.01. The fraction of sp³-hybridized carbons (Fsp3) is 0.222. The van der Waals surface area contributed by atoms with Crippen LogP contribution >= 0.6 is 23.2 Å². The lowest BCUT2D eigenvalue weighted by Crippen LogP contribution is -2.32. The molecule has 1 aliphatic heterocycles. The maximum absolute atomic E-state index is 13.5. The van der Waals surface area contributed by atoms with Crippen LogP contribution in [0.5, 0.6) is 5.75 Å². The van der Waals surface area contributed by atoms with Gasteiger partial charge in [-0.2, -0.15) is 0 Å². The number of para-hydroxylation sites is 2. The number of furan rings is 1. The molecule has 4 nitrogen and oxygen atoms in total. The van der Waals surface area contributed by atoms with E-state index in [1.807, 2.05) is 54.6 Å². The van der Waals surface area contributed by atoms with Gasteiger partial charge in [0, 0.05) is 38.5 Å². The number of amides is 1. The first-order valence-corrected chi connectivity index (χ1v) is 11.7.